The Kier molecular flexibility index (Phi) is 3.97. The molecule has 84 valence electrons. The van der Waals surface area contributed by atoms with Crippen LogP contribution in [0.4, 0.5) is 5.95 Å². The fourth-order valence-electron chi connectivity index (χ4n) is 1.14. The van der Waals surface area contributed by atoms with Crippen molar-refractivity contribution in [3.63, 3.8) is 0 Å². The van der Waals surface area contributed by atoms with E-state index in [1.54, 1.807) is 11.8 Å². The van der Waals surface area contributed by atoms with Gasteiger partial charge in [-0.15, -0.1) is 11.8 Å². The Labute approximate surface area is 96.1 Å². The molecule has 1 rings (SSSR count). The molecule has 3 nitrogen and oxygen atoms in total. The summed E-state index contributed by atoms with van der Waals surface area (Å²) < 4.78 is 0.185. The van der Waals surface area contributed by atoms with Crippen LogP contribution >= 0.6 is 11.8 Å². The van der Waals surface area contributed by atoms with E-state index < -0.39 is 0 Å². The average Bonchev–Trinajstić information content (AvgIpc) is 1.99. The van der Waals surface area contributed by atoms with E-state index in [1.807, 2.05) is 19.9 Å². The Morgan fingerprint density at radius 3 is 2.53 bits per heavy atom. The molecule has 1 aromatic rings. The number of hydrogen-bond donors (Lipinski definition) is 1. The van der Waals surface area contributed by atoms with Crippen LogP contribution in [-0.4, -0.2) is 21.3 Å². The van der Waals surface area contributed by atoms with Crippen LogP contribution < -0.4 is 5.32 Å². The molecule has 0 bridgehead atoms. The molecule has 1 aromatic heterocycles. The zero-order valence-electron chi connectivity index (χ0n) is 10.1. The van der Waals surface area contributed by atoms with Crippen molar-refractivity contribution in [3.05, 3.63) is 11.8 Å². The van der Waals surface area contributed by atoms with Gasteiger partial charge in [0.05, 0.1) is 0 Å². The van der Waals surface area contributed by atoms with Gasteiger partial charge in [-0.05, 0) is 19.9 Å². The Balaban J connectivity index is 2.88. The zero-order chi connectivity index (χ0) is 11.5. The molecule has 0 aliphatic heterocycles. The summed E-state index contributed by atoms with van der Waals surface area (Å²) in [6, 6.07) is 2.02. The van der Waals surface area contributed by atoms with Crippen molar-refractivity contribution in [3.8, 4) is 0 Å². The second-order valence-corrected chi connectivity index (χ2v) is 6.26. The summed E-state index contributed by atoms with van der Waals surface area (Å²) in [6.07, 6.45) is 0. The number of aryl methyl sites for hydroxylation is 1. The van der Waals surface area contributed by atoms with Gasteiger partial charge >= 0.3 is 0 Å². The van der Waals surface area contributed by atoms with E-state index in [1.165, 1.54) is 0 Å². The first-order valence-electron chi connectivity index (χ1n) is 5.19. The van der Waals surface area contributed by atoms with Gasteiger partial charge in [-0.1, -0.05) is 20.8 Å². The van der Waals surface area contributed by atoms with Crippen LogP contribution in [0.5, 0.6) is 0 Å². The van der Waals surface area contributed by atoms with Crippen LogP contribution in [0.3, 0.4) is 0 Å². The lowest BCUT2D eigenvalue weighted by Gasteiger charge is -2.17. The lowest BCUT2D eigenvalue weighted by atomic mass is 10.3. The summed E-state index contributed by atoms with van der Waals surface area (Å²) >= 11 is 1.76. The Hall–Kier alpha value is -0.770. The predicted octanol–water partition coefficient (Wildman–Crippen LogP) is 3.11. The molecule has 0 aliphatic rings. The highest BCUT2D eigenvalue weighted by Gasteiger charge is 2.14. The number of nitrogens with zero attached hydrogens (tertiary/aromatic N) is 2. The lowest BCUT2D eigenvalue weighted by Crippen LogP contribution is -2.09. The molecule has 0 saturated carbocycles. The third-order valence-electron chi connectivity index (χ3n) is 1.58. The monoisotopic (exact) mass is 225 g/mol. The highest BCUT2D eigenvalue weighted by molar-refractivity contribution is 8.00. The number of thioether (sulfide) groups is 1. The van der Waals surface area contributed by atoms with E-state index in [2.05, 4.69) is 36.1 Å². The van der Waals surface area contributed by atoms with E-state index in [4.69, 9.17) is 0 Å². The maximum absolute atomic E-state index is 4.45. The Morgan fingerprint density at radius 2 is 2.00 bits per heavy atom. The van der Waals surface area contributed by atoms with Crippen LogP contribution in [0.25, 0.3) is 0 Å². The van der Waals surface area contributed by atoms with Crippen molar-refractivity contribution >= 4 is 17.7 Å². The smallest absolute Gasteiger partial charge is 0.223 e. The normalized spacial score (nSPS) is 11.5. The van der Waals surface area contributed by atoms with E-state index in [0.29, 0.717) is 0 Å². The van der Waals surface area contributed by atoms with Gasteiger partial charge in [0.1, 0.15) is 5.03 Å². The molecule has 4 heteroatoms. The SMILES string of the molecule is CCNc1nc(C)cc(SC(C)(C)C)n1. The standard InChI is InChI=1S/C11H19N3S/c1-6-12-10-13-8(2)7-9(14-10)15-11(3,4)5/h7H,6H2,1-5H3,(H,12,13,14). The molecule has 0 radical (unpaired) electrons. The molecule has 0 unspecified atom stereocenters. The van der Waals surface area contributed by atoms with Gasteiger partial charge in [0.15, 0.2) is 0 Å². The predicted molar refractivity (Wildman–Crippen MR) is 66.5 cm³/mol. The zero-order valence-corrected chi connectivity index (χ0v) is 10.9. The van der Waals surface area contributed by atoms with Crippen molar-refractivity contribution in [1.82, 2.24) is 9.97 Å². The average molecular weight is 225 g/mol. The molecule has 0 amide bonds. The first-order valence-corrected chi connectivity index (χ1v) is 6.01. The summed E-state index contributed by atoms with van der Waals surface area (Å²) in [5.74, 6) is 0.726. The first-order chi connectivity index (χ1) is 6.90. The van der Waals surface area contributed by atoms with Gasteiger partial charge < -0.3 is 5.32 Å². The minimum absolute atomic E-state index is 0.185. The number of aromatic nitrogens is 2. The summed E-state index contributed by atoms with van der Waals surface area (Å²) in [7, 11) is 0. The lowest BCUT2D eigenvalue weighted by molar-refractivity contribution is 0.798. The molecular weight excluding hydrogens is 206 g/mol. The molecule has 0 aromatic carbocycles. The number of hydrogen-bond acceptors (Lipinski definition) is 4. The van der Waals surface area contributed by atoms with Crippen molar-refractivity contribution in [2.45, 2.75) is 44.4 Å². The molecule has 0 spiro atoms. The summed E-state index contributed by atoms with van der Waals surface area (Å²) in [4.78, 5) is 8.77. The minimum atomic E-state index is 0.185. The molecular formula is C11H19N3S. The molecule has 0 saturated heterocycles. The first kappa shape index (κ1) is 12.3. The van der Waals surface area contributed by atoms with Gasteiger partial charge in [-0.2, -0.15) is 0 Å². The van der Waals surface area contributed by atoms with Gasteiger partial charge in [0.25, 0.3) is 0 Å². The number of anilines is 1. The third-order valence-corrected chi connectivity index (χ3v) is 2.61. The van der Waals surface area contributed by atoms with Crippen molar-refractivity contribution in [2.24, 2.45) is 0 Å². The van der Waals surface area contributed by atoms with Crippen LogP contribution in [-0.2, 0) is 0 Å². The van der Waals surface area contributed by atoms with Gasteiger partial charge in [0.2, 0.25) is 5.95 Å². The largest absolute Gasteiger partial charge is 0.354 e. The Bertz CT molecular complexity index is 331. The van der Waals surface area contributed by atoms with Crippen LogP contribution in [0.2, 0.25) is 0 Å². The van der Waals surface area contributed by atoms with Gasteiger partial charge in [0, 0.05) is 17.0 Å². The van der Waals surface area contributed by atoms with Crippen LogP contribution in [0, 0.1) is 6.92 Å². The second kappa shape index (κ2) is 4.84. The number of nitrogens with one attached hydrogen (secondary N) is 1. The Morgan fingerprint density at radius 1 is 1.33 bits per heavy atom. The van der Waals surface area contributed by atoms with Gasteiger partial charge in [-0.3, -0.25) is 0 Å². The topological polar surface area (TPSA) is 37.8 Å². The van der Waals surface area contributed by atoms with Crippen molar-refractivity contribution in [2.75, 3.05) is 11.9 Å². The maximum atomic E-state index is 4.45. The number of rotatable bonds is 3. The summed E-state index contributed by atoms with van der Waals surface area (Å²) in [6.45, 7) is 11.4. The molecule has 1 heterocycles. The molecule has 0 atom stereocenters. The quantitative estimate of drug-likeness (QED) is 0.633. The van der Waals surface area contributed by atoms with Crippen molar-refractivity contribution in [1.29, 1.82) is 0 Å². The van der Waals surface area contributed by atoms with Crippen LogP contribution in [0.1, 0.15) is 33.4 Å². The van der Waals surface area contributed by atoms with E-state index in [-0.39, 0.29) is 4.75 Å². The fraction of sp³-hybridized carbons (Fsp3) is 0.636. The molecule has 15 heavy (non-hydrogen) atoms. The molecule has 0 fully saturated rings. The van der Waals surface area contributed by atoms with E-state index in [0.717, 1.165) is 23.2 Å². The molecule has 0 aliphatic carbocycles. The van der Waals surface area contributed by atoms with Crippen molar-refractivity contribution < 1.29 is 0 Å². The van der Waals surface area contributed by atoms with Crippen LogP contribution in [0.15, 0.2) is 11.1 Å². The highest BCUT2D eigenvalue weighted by atomic mass is 32.2. The minimum Gasteiger partial charge on any atom is -0.354 e. The van der Waals surface area contributed by atoms with E-state index in [9.17, 15) is 0 Å². The third kappa shape index (κ3) is 4.51. The highest BCUT2D eigenvalue weighted by Crippen LogP contribution is 2.30. The molecule has 1 N–H and O–H groups in total. The van der Waals surface area contributed by atoms with E-state index >= 15 is 0 Å². The summed E-state index contributed by atoms with van der Waals surface area (Å²) in [5, 5.41) is 4.17. The second-order valence-electron chi connectivity index (χ2n) is 4.42. The fourth-order valence-corrected chi connectivity index (χ4v) is 2.13. The van der Waals surface area contributed by atoms with Gasteiger partial charge in [-0.25, -0.2) is 9.97 Å². The maximum Gasteiger partial charge on any atom is 0.223 e. The summed E-state index contributed by atoms with van der Waals surface area (Å²) in [5.41, 5.74) is 1.01.